The Labute approximate surface area is 158 Å². The highest BCUT2D eigenvalue weighted by molar-refractivity contribution is 7.92. The largest absolute Gasteiger partial charge is 0.476 e. The van der Waals surface area contributed by atoms with Gasteiger partial charge in [-0.3, -0.25) is 9.10 Å². The van der Waals surface area contributed by atoms with Crippen LogP contribution in [0.3, 0.4) is 0 Å². The minimum atomic E-state index is -3.84. The fourth-order valence-electron chi connectivity index (χ4n) is 2.79. The molecule has 7 nitrogen and oxygen atoms in total. The van der Waals surface area contributed by atoms with Crippen LogP contribution in [0.2, 0.25) is 0 Å². The van der Waals surface area contributed by atoms with Crippen LogP contribution < -0.4 is 14.4 Å². The third-order valence-electron chi connectivity index (χ3n) is 4.24. The van der Waals surface area contributed by atoms with E-state index in [0.29, 0.717) is 24.6 Å². The first kappa shape index (κ1) is 19.2. The van der Waals surface area contributed by atoms with Crippen LogP contribution in [0, 0.1) is 6.92 Å². The number of carbonyl (C=O) groups is 1. The molecule has 1 amide bonds. The topological polar surface area (TPSA) is 84.9 Å². The molecule has 0 saturated heterocycles. The molecule has 1 heterocycles. The molecule has 1 aliphatic rings. The summed E-state index contributed by atoms with van der Waals surface area (Å²) in [4.78, 5) is 12.6. The number of amides is 1. The average molecular weight is 390 g/mol. The lowest BCUT2D eigenvalue weighted by molar-refractivity contribution is -0.127. The Hall–Kier alpha value is -2.58. The number of hydrogen-bond donors (Lipinski definition) is 1. The molecule has 0 spiro atoms. The summed E-state index contributed by atoms with van der Waals surface area (Å²) in [5, 5.41) is 2.69. The molecule has 0 aliphatic carbocycles. The van der Waals surface area contributed by atoms with Crippen LogP contribution in [0.1, 0.15) is 5.56 Å². The molecule has 1 N–H and O–H groups in total. The first-order chi connectivity index (χ1) is 12.9. The van der Waals surface area contributed by atoms with E-state index in [9.17, 15) is 13.2 Å². The van der Waals surface area contributed by atoms with Crippen LogP contribution in [-0.2, 0) is 19.6 Å². The molecule has 144 valence electrons. The number of ether oxygens (including phenoxy) is 2. The van der Waals surface area contributed by atoms with Gasteiger partial charge in [-0.05, 0) is 31.2 Å². The Morgan fingerprint density at radius 1 is 1.22 bits per heavy atom. The number of nitrogens with one attached hydrogen (secondary N) is 1. The van der Waals surface area contributed by atoms with E-state index in [1.54, 1.807) is 48.5 Å². The van der Waals surface area contributed by atoms with Gasteiger partial charge in [0.25, 0.3) is 15.9 Å². The summed E-state index contributed by atoms with van der Waals surface area (Å²) >= 11 is 0. The van der Waals surface area contributed by atoms with Crippen molar-refractivity contribution < 1.29 is 22.7 Å². The number of carbonyl (C=O) groups excluding carboxylic acids is 1. The van der Waals surface area contributed by atoms with E-state index in [1.165, 1.54) is 11.4 Å². The number of benzene rings is 2. The summed E-state index contributed by atoms with van der Waals surface area (Å²) in [6.45, 7) is 2.47. The molecule has 0 bridgehead atoms. The number of rotatable bonds is 6. The molecular weight excluding hydrogens is 368 g/mol. The third-order valence-corrected chi connectivity index (χ3v) is 6.04. The molecular formula is C19H22N2O5S. The van der Waals surface area contributed by atoms with Gasteiger partial charge in [0.05, 0.1) is 23.7 Å². The van der Waals surface area contributed by atoms with Crippen molar-refractivity contribution in [2.24, 2.45) is 0 Å². The van der Waals surface area contributed by atoms with Crippen molar-refractivity contribution in [1.82, 2.24) is 5.32 Å². The Balaban J connectivity index is 1.93. The monoisotopic (exact) mass is 390 g/mol. The molecule has 1 atom stereocenters. The summed E-state index contributed by atoms with van der Waals surface area (Å²) in [5.41, 5.74) is 1.38. The highest BCUT2D eigenvalue weighted by atomic mass is 32.2. The lowest BCUT2D eigenvalue weighted by Crippen LogP contribution is -2.51. The van der Waals surface area contributed by atoms with E-state index in [-0.39, 0.29) is 17.3 Å². The zero-order valence-corrected chi connectivity index (χ0v) is 16.0. The Morgan fingerprint density at radius 2 is 1.93 bits per heavy atom. The minimum Gasteiger partial charge on any atom is -0.476 e. The predicted octanol–water partition coefficient (Wildman–Crippen LogP) is 1.71. The highest BCUT2D eigenvalue weighted by Crippen LogP contribution is 2.36. The number of sulfonamides is 1. The summed E-state index contributed by atoms with van der Waals surface area (Å²) in [7, 11) is -2.30. The van der Waals surface area contributed by atoms with Crippen molar-refractivity contribution in [3.63, 3.8) is 0 Å². The van der Waals surface area contributed by atoms with E-state index >= 15 is 0 Å². The van der Waals surface area contributed by atoms with E-state index < -0.39 is 16.1 Å². The van der Waals surface area contributed by atoms with E-state index in [1.807, 2.05) is 6.92 Å². The summed E-state index contributed by atoms with van der Waals surface area (Å²) < 4.78 is 38.3. The Kier molecular flexibility index (Phi) is 5.67. The van der Waals surface area contributed by atoms with E-state index in [0.717, 1.165) is 5.56 Å². The second-order valence-electron chi connectivity index (χ2n) is 6.21. The molecule has 2 aromatic carbocycles. The zero-order chi connectivity index (χ0) is 19.4. The van der Waals surface area contributed by atoms with Crippen LogP contribution in [0.25, 0.3) is 0 Å². The van der Waals surface area contributed by atoms with E-state index in [2.05, 4.69) is 5.32 Å². The number of aryl methyl sites for hydroxylation is 1. The normalized spacial score (nSPS) is 16.4. The summed E-state index contributed by atoms with van der Waals surface area (Å²) in [6, 6.07) is 13.4. The van der Waals surface area contributed by atoms with Gasteiger partial charge in [0, 0.05) is 13.7 Å². The van der Waals surface area contributed by atoms with Gasteiger partial charge in [0.1, 0.15) is 5.75 Å². The molecule has 2 aromatic rings. The molecule has 27 heavy (non-hydrogen) atoms. The number of nitrogens with zero attached hydrogens (tertiary/aromatic N) is 1. The smallest absolute Gasteiger partial charge is 0.264 e. The molecule has 0 aromatic heterocycles. The SMILES string of the molecule is COCCNC(=O)[C@H]1CN(S(=O)(=O)c2ccc(C)cc2)c2ccccc2O1. The van der Waals surface area contributed by atoms with Crippen LogP contribution in [-0.4, -0.2) is 47.2 Å². The number of methoxy groups -OCH3 is 1. The molecule has 0 saturated carbocycles. The molecule has 1 aliphatic heterocycles. The summed E-state index contributed by atoms with van der Waals surface area (Å²) in [5.74, 6) is -0.0306. The number of fused-ring (bicyclic) bond motifs is 1. The van der Waals surface area contributed by atoms with Gasteiger partial charge >= 0.3 is 0 Å². The van der Waals surface area contributed by atoms with Crippen LogP contribution in [0.15, 0.2) is 53.4 Å². The zero-order valence-electron chi connectivity index (χ0n) is 15.2. The number of para-hydroxylation sites is 2. The van der Waals surface area contributed by atoms with Gasteiger partial charge in [-0.15, -0.1) is 0 Å². The maximum atomic E-state index is 13.2. The first-order valence-electron chi connectivity index (χ1n) is 8.55. The maximum Gasteiger partial charge on any atom is 0.264 e. The molecule has 0 radical (unpaired) electrons. The lowest BCUT2D eigenvalue weighted by atomic mass is 10.2. The maximum absolute atomic E-state index is 13.2. The average Bonchev–Trinajstić information content (AvgIpc) is 2.67. The molecule has 0 unspecified atom stereocenters. The summed E-state index contributed by atoms with van der Waals surface area (Å²) in [6.07, 6.45) is -0.947. The lowest BCUT2D eigenvalue weighted by Gasteiger charge is -2.34. The molecule has 8 heteroatoms. The van der Waals surface area contributed by atoms with Crippen molar-refractivity contribution in [3.05, 3.63) is 54.1 Å². The fraction of sp³-hybridized carbons (Fsp3) is 0.316. The van der Waals surface area contributed by atoms with Gasteiger partial charge in [-0.1, -0.05) is 29.8 Å². The Morgan fingerprint density at radius 3 is 2.63 bits per heavy atom. The van der Waals surface area contributed by atoms with Crippen LogP contribution in [0.5, 0.6) is 5.75 Å². The van der Waals surface area contributed by atoms with Crippen molar-refractivity contribution in [2.45, 2.75) is 17.9 Å². The highest BCUT2D eigenvalue weighted by Gasteiger charge is 2.37. The fourth-order valence-corrected chi connectivity index (χ4v) is 4.27. The third kappa shape index (κ3) is 4.06. The Bertz CT molecular complexity index is 912. The molecule has 0 fully saturated rings. The predicted molar refractivity (Wildman–Crippen MR) is 101 cm³/mol. The number of hydrogen-bond acceptors (Lipinski definition) is 5. The van der Waals surface area contributed by atoms with Gasteiger partial charge in [0.2, 0.25) is 0 Å². The first-order valence-corrected chi connectivity index (χ1v) is 9.99. The molecule has 3 rings (SSSR count). The van der Waals surface area contributed by atoms with Crippen molar-refractivity contribution in [3.8, 4) is 5.75 Å². The second kappa shape index (κ2) is 7.98. The van der Waals surface area contributed by atoms with Crippen molar-refractivity contribution in [2.75, 3.05) is 31.1 Å². The van der Waals surface area contributed by atoms with Crippen molar-refractivity contribution in [1.29, 1.82) is 0 Å². The van der Waals surface area contributed by atoms with Gasteiger partial charge < -0.3 is 14.8 Å². The van der Waals surface area contributed by atoms with Gasteiger partial charge in [-0.2, -0.15) is 0 Å². The van der Waals surface area contributed by atoms with Crippen molar-refractivity contribution >= 4 is 21.6 Å². The number of anilines is 1. The van der Waals surface area contributed by atoms with Gasteiger partial charge in [0.15, 0.2) is 6.10 Å². The quantitative estimate of drug-likeness (QED) is 0.759. The standard InChI is InChI=1S/C19H22N2O5S/c1-14-7-9-15(10-8-14)27(23,24)21-13-18(19(22)20-11-12-25-2)26-17-6-4-3-5-16(17)21/h3-10,18H,11-13H2,1-2H3,(H,20,22)/t18-/m1/s1. The van der Waals surface area contributed by atoms with Crippen LogP contribution in [0.4, 0.5) is 5.69 Å². The van der Waals surface area contributed by atoms with Crippen LogP contribution >= 0.6 is 0 Å². The minimum absolute atomic E-state index is 0.105. The van der Waals surface area contributed by atoms with E-state index in [4.69, 9.17) is 9.47 Å². The second-order valence-corrected chi connectivity index (χ2v) is 8.07. The van der Waals surface area contributed by atoms with Gasteiger partial charge in [-0.25, -0.2) is 8.42 Å².